The van der Waals surface area contributed by atoms with Crippen LogP contribution in [0.1, 0.15) is 35.9 Å². The van der Waals surface area contributed by atoms with Gasteiger partial charge in [-0.15, -0.1) is 5.10 Å². The Morgan fingerprint density at radius 1 is 1.09 bits per heavy atom. The number of aromatic nitrogens is 3. The van der Waals surface area contributed by atoms with Gasteiger partial charge in [-0.3, -0.25) is 20.0 Å². The minimum absolute atomic E-state index is 0.0382. The van der Waals surface area contributed by atoms with Gasteiger partial charge in [-0.2, -0.15) is 4.68 Å². The molecule has 230 valence electrons. The van der Waals surface area contributed by atoms with Crippen LogP contribution in [0.3, 0.4) is 0 Å². The van der Waals surface area contributed by atoms with E-state index < -0.39 is 48.8 Å². The van der Waals surface area contributed by atoms with Crippen molar-refractivity contribution in [3.8, 4) is 16.8 Å². The zero-order valence-electron chi connectivity index (χ0n) is 23.5. The number of carbonyl (C=O) groups excluding carboxylic acids is 3. The smallest absolute Gasteiger partial charge is 0.348 e. The highest BCUT2D eigenvalue weighted by atomic mass is 35.5. The molecule has 1 aromatic heterocycles. The van der Waals surface area contributed by atoms with Crippen molar-refractivity contribution in [2.75, 3.05) is 13.3 Å². The Hall–Kier alpha value is -4.85. The van der Waals surface area contributed by atoms with Crippen LogP contribution in [0.4, 0.5) is 4.39 Å². The van der Waals surface area contributed by atoms with Crippen LogP contribution in [0.25, 0.3) is 16.8 Å². The number of halogens is 2. The summed E-state index contributed by atoms with van der Waals surface area (Å²) in [7, 11) is 0. The number of aromatic amines is 1. The molecule has 0 aliphatic heterocycles. The Morgan fingerprint density at radius 3 is 2.52 bits per heavy atom. The van der Waals surface area contributed by atoms with E-state index in [0.717, 1.165) is 4.68 Å². The number of amides is 1. The largest absolute Gasteiger partial charge is 0.428 e. The van der Waals surface area contributed by atoms with E-state index in [1.807, 2.05) is 0 Å². The predicted molar refractivity (Wildman–Crippen MR) is 157 cm³/mol. The van der Waals surface area contributed by atoms with Gasteiger partial charge in [0.05, 0.1) is 12.2 Å². The molecule has 1 heterocycles. The summed E-state index contributed by atoms with van der Waals surface area (Å²) in [6.07, 6.45) is -1.07. The summed E-state index contributed by atoms with van der Waals surface area (Å²) < 4.78 is 25.0. The van der Waals surface area contributed by atoms with Gasteiger partial charge in [0.15, 0.2) is 6.10 Å². The van der Waals surface area contributed by atoms with Gasteiger partial charge >= 0.3 is 23.5 Å². The number of aliphatic hydroxyl groups excluding tert-OH is 1. The van der Waals surface area contributed by atoms with Gasteiger partial charge in [0.25, 0.3) is 0 Å². The number of nitrogens with zero attached hydrogens (tertiary/aromatic N) is 3. The highest BCUT2D eigenvalue weighted by Crippen LogP contribution is 2.26. The molecule has 0 fully saturated rings. The lowest BCUT2D eigenvalue weighted by Crippen LogP contribution is -2.48. The number of ether oxygens (including phenoxy) is 2. The van der Waals surface area contributed by atoms with Crippen LogP contribution in [-0.4, -0.2) is 62.2 Å². The highest BCUT2D eigenvalue weighted by Gasteiger charge is 2.24. The Kier molecular flexibility index (Phi) is 11.0. The molecule has 3 N–H and O–H groups in total. The third kappa shape index (κ3) is 8.60. The fourth-order valence-electron chi connectivity index (χ4n) is 4.06. The molecule has 14 heteroatoms. The fraction of sp³-hybridized carbons (Fsp3) is 0.233. The number of hydrogen-bond acceptors (Lipinski definition) is 9. The molecule has 4 rings (SSSR count). The molecule has 1 atom stereocenters. The van der Waals surface area contributed by atoms with Gasteiger partial charge in [-0.1, -0.05) is 61.0 Å². The van der Waals surface area contributed by atoms with Crippen LogP contribution in [0.15, 0.2) is 77.6 Å². The van der Waals surface area contributed by atoms with E-state index in [0.29, 0.717) is 33.8 Å². The second-order valence-electron chi connectivity index (χ2n) is 9.53. The Morgan fingerprint density at radius 2 is 1.82 bits per heavy atom. The second-order valence-corrected chi connectivity index (χ2v) is 9.97. The molecule has 0 radical (unpaired) electrons. The molecule has 0 bridgehead atoms. The maximum Gasteiger partial charge on any atom is 0.348 e. The SMILES string of the molecule is CCCC(=O)OCOC(=O)C(O)CN(Cc1ccc(-c2cc(Cl)ccc2F)cc1)NC(=O)c1nn(-c2ccccc2)c(=O)[nH]1. The van der Waals surface area contributed by atoms with Crippen LogP contribution in [0.5, 0.6) is 0 Å². The summed E-state index contributed by atoms with van der Waals surface area (Å²) in [5, 5.41) is 16.2. The summed E-state index contributed by atoms with van der Waals surface area (Å²) in [5.41, 5.74) is 3.76. The lowest BCUT2D eigenvalue weighted by atomic mass is 10.0. The zero-order valence-corrected chi connectivity index (χ0v) is 24.3. The van der Waals surface area contributed by atoms with Crippen LogP contribution >= 0.6 is 11.6 Å². The molecule has 0 aliphatic carbocycles. The number of benzene rings is 3. The maximum atomic E-state index is 14.4. The number of hydrogen-bond donors (Lipinski definition) is 3. The van der Waals surface area contributed by atoms with Crippen LogP contribution < -0.4 is 11.1 Å². The Labute approximate surface area is 255 Å². The molecule has 0 spiro atoms. The van der Waals surface area contributed by atoms with E-state index in [9.17, 15) is 28.7 Å². The molecular weight excluding hydrogens is 597 g/mol. The Bertz CT molecular complexity index is 1660. The molecule has 4 aromatic rings. The first-order valence-electron chi connectivity index (χ1n) is 13.5. The van der Waals surface area contributed by atoms with Crippen molar-refractivity contribution in [3.05, 3.63) is 106 Å². The molecule has 0 saturated heterocycles. The second kappa shape index (κ2) is 15.0. The zero-order chi connectivity index (χ0) is 31.6. The summed E-state index contributed by atoms with van der Waals surface area (Å²) in [4.78, 5) is 51.8. The van der Waals surface area contributed by atoms with Gasteiger partial charge in [-0.25, -0.2) is 19.0 Å². The van der Waals surface area contributed by atoms with E-state index in [2.05, 4.69) is 15.5 Å². The van der Waals surface area contributed by atoms with Crippen molar-refractivity contribution in [1.82, 2.24) is 25.2 Å². The molecule has 1 amide bonds. The number of nitrogens with one attached hydrogen (secondary N) is 2. The van der Waals surface area contributed by atoms with Gasteiger partial charge < -0.3 is 14.6 Å². The molecule has 3 aromatic carbocycles. The third-order valence-corrected chi connectivity index (χ3v) is 6.44. The monoisotopic (exact) mass is 625 g/mol. The van der Waals surface area contributed by atoms with Crippen LogP contribution in [0, 0.1) is 5.82 Å². The quantitative estimate of drug-likeness (QED) is 0.115. The third-order valence-electron chi connectivity index (χ3n) is 6.20. The standard InChI is InChI=1S/C30H29ClFN5O7/c1-2-6-26(39)43-18-44-29(41)25(38)17-36(16-19-9-11-20(12-10-19)23-15-21(31)13-14-24(23)32)35-28(40)27-33-30(42)37(34-27)22-7-4-3-5-8-22/h3-5,7-15,25,38H,2,6,16-18H2,1H3,(H,35,40)(H,33,34,42). The molecular formula is C30H29ClFN5O7. The van der Waals surface area contributed by atoms with E-state index >= 15 is 0 Å². The first-order chi connectivity index (χ1) is 21.1. The summed E-state index contributed by atoms with van der Waals surface area (Å²) in [5.74, 6) is -3.27. The Balaban J connectivity index is 1.50. The van der Waals surface area contributed by atoms with Crippen LogP contribution in [0.2, 0.25) is 5.02 Å². The topological polar surface area (TPSA) is 156 Å². The molecule has 0 aliphatic rings. The lowest BCUT2D eigenvalue weighted by molar-refractivity contribution is -0.174. The first kappa shape index (κ1) is 32.1. The summed E-state index contributed by atoms with van der Waals surface area (Å²) in [6, 6.07) is 19.3. The predicted octanol–water partition coefficient (Wildman–Crippen LogP) is 3.37. The van der Waals surface area contributed by atoms with Crippen molar-refractivity contribution in [2.24, 2.45) is 0 Å². The highest BCUT2D eigenvalue weighted by molar-refractivity contribution is 6.30. The van der Waals surface area contributed by atoms with Gasteiger partial charge in [-0.05, 0) is 47.9 Å². The normalized spacial score (nSPS) is 11.7. The number of hydrazine groups is 1. The van der Waals surface area contributed by atoms with Crippen molar-refractivity contribution < 1.29 is 33.4 Å². The van der Waals surface area contributed by atoms with Gasteiger partial charge in [0, 0.05) is 23.6 Å². The van der Waals surface area contributed by atoms with E-state index in [1.54, 1.807) is 61.5 Å². The van der Waals surface area contributed by atoms with Gasteiger partial charge in [0.1, 0.15) is 5.82 Å². The number of carbonyl (C=O) groups is 3. The van der Waals surface area contributed by atoms with E-state index in [1.165, 1.54) is 23.2 Å². The average Bonchev–Trinajstić information content (AvgIpc) is 3.41. The number of H-pyrrole nitrogens is 1. The lowest BCUT2D eigenvalue weighted by Gasteiger charge is -2.24. The maximum absolute atomic E-state index is 14.4. The molecule has 44 heavy (non-hydrogen) atoms. The number of esters is 2. The number of aliphatic hydroxyl groups is 1. The van der Waals surface area contributed by atoms with Gasteiger partial charge in [0.2, 0.25) is 12.6 Å². The van der Waals surface area contributed by atoms with E-state index in [4.69, 9.17) is 21.1 Å². The minimum atomic E-state index is -1.76. The van der Waals surface area contributed by atoms with Crippen molar-refractivity contribution in [1.29, 1.82) is 0 Å². The van der Waals surface area contributed by atoms with Crippen molar-refractivity contribution in [2.45, 2.75) is 32.4 Å². The fourth-order valence-corrected chi connectivity index (χ4v) is 4.23. The van der Waals surface area contributed by atoms with E-state index in [-0.39, 0.29) is 18.8 Å². The molecule has 12 nitrogen and oxygen atoms in total. The van der Waals surface area contributed by atoms with Crippen molar-refractivity contribution in [3.63, 3.8) is 0 Å². The number of para-hydroxylation sites is 1. The van der Waals surface area contributed by atoms with Crippen LogP contribution in [-0.2, 0) is 25.6 Å². The average molecular weight is 626 g/mol. The molecule has 1 unspecified atom stereocenters. The first-order valence-corrected chi connectivity index (χ1v) is 13.9. The van der Waals surface area contributed by atoms with Crippen molar-refractivity contribution >= 4 is 29.4 Å². The number of rotatable bonds is 13. The minimum Gasteiger partial charge on any atom is -0.428 e. The summed E-state index contributed by atoms with van der Waals surface area (Å²) in [6.45, 7) is 0.608. The summed E-state index contributed by atoms with van der Waals surface area (Å²) >= 11 is 6.02. The molecule has 0 saturated carbocycles.